The number of rotatable bonds is 6. The summed E-state index contributed by atoms with van der Waals surface area (Å²) in [5, 5.41) is 10.9. The van der Waals surface area contributed by atoms with Crippen LogP contribution in [-0.2, 0) is 14.3 Å². The van der Waals surface area contributed by atoms with Crippen LogP contribution in [-0.4, -0.2) is 49.1 Å². The van der Waals surface area contributed by atoms with Gasteiger partial charge in [-0.25, -0.2) is 0 Å². The molecule has 2 aromatic rings. The zero-order valence-corrected chi connectivity index (χ0v) is 16.1. The van der Waals surface area contributed by atoms with E-state index in [0.29, 0.717) is 16.9 Å². The number of Topliss-reactive ketones (excluding diaryl/α,β-unsaturated/α-hetero) is 1. The van der Waals surface area contributed by atoms with Crippen molar-refractivity contribution in [3.63, 3.8) is 0 Å². The molecule has 1 amide bonds. The van der Waals surface area contributed by atoms with Crippen LogP contribution in [0.2, 0.25) is 0 Å². The first-order chi connectivity index (χ1) is 13.5. The van der Waals surface area contributed by atoms with Gasteiger partial charge in [0.1, 0.15) is 11.5 Å². The van der Waals surface area contributed by atoms with Crippen molar-refractivity contribution < 1.29 is 24.2 Å². The highest BCUT2D eigenvalue weighted by molar-refractivity contribution is 6.46. The number of nitrogens with zero attached hydrogens (tertiary/aromatic N) is 1. The molecule has 0 unspecified atom stereocenters. The first kappa shape index (κ1) is 19.6. The minimum Gasteiger partial charge on any atom is -0.507 e. The molecule has 0 aliphatic carbocycles. The number of aliphatic hydroxyl groups is 1. The Morgan fingerprint density at radius 2 is 1.82 bits per heavy atom. The molecule has 0 bridgehead atoms. The first-order valence-electron chi connectivity index (χ1n) is 8.96. The van der Waals surface area contributed by atoms with E-state index in [4.69, 9.17) is 9.47 Å². The second-order valence-corrected chi connectivity index (χ2v) is 6.63. The fraction of sp³-hybridized carbons (Fsp3) is 0.273. The number of methoxy groups -OCH3 is 2. The zero-order chi connectivity index (χ0) is 20.3. The lowest BCUT2D eigenvalue weighted by Crippen LogP contribution is -2.32. The van der Waals surface area contributed by atoms with Gasteiger partial charge in [0.05, 0.1) is 25.3 Å². The molecule has 0 radical (unpaired) electrons. The number of aryl methyl sites for hydroxylation is 1. The summed E-state index contributed by atoms with van der Waals surface area (Å²) in [6, 6.07) is 13.6. The minimum absolute atomic E-state index is 0.0678. The number of hydrogen-bond donors (Lipinski definition) is 1. The maximum absolute atomic E-state index is 12.8. The highest BCUT2D eigenvalue weighted by atomic mass is 16.5. The van der Waals surface area contributed by atoms with Crippen molar-refractivity contribution in [2.75, 3.05) is 27.4 Å². The number of likely N-dealkylation sites (tertiary alicyclic amines) is 1. The normalized spacial score (nSPS) is 18.5. The average molecular weight is 381 g/mol. The number of ketones is 1. The number of amides is 1. The smallest absolute Gasteiger partial charge is 0.295 e. The van der Waals surface area contributed by atoms with Crippen molar-refractivity contribution >= 4 is 17.4 Å². The van der Waals surface area contributed by atoms with Gasteiger partial charge in [0.15, 0.2) is 0 Å². The van der Waals surface area contributed by atoms with Gasteiger partial charge in [-0.1, -0.05) is 42.0 Å². The van der Waals surface area contributed by atoms with Gasteiger partial charge in [-0.15, -0.1) is 0 Å². The van der Waals surface area contributed by atoms with Gasteiger partial charge in [0.25, 0.3) is 11.7 Å². The molecule has 3 rings (SSSR count). The summed E-state index contributed by atoms with van der Waals surface area (Å²) in [5.74, 6) is -0.947. The Labute approximate surface area is 164 Å². The molecule has 6 heteroatoms. The molecule has 1 heterocycles. The summed E-state index contributed by atoms with van der Waals surface area (Å²) in [6.07, 6.45) is 0. The third-order valence-corrected chi connectivity index (χ3v) is 4.81. The number of benzene rings is 2. The molecule has 146 valence electrons. The number of carbonyl (C=O) groups is 2. The van der Waals surface area contributed by atoms with Gasteiger partial charge in [-0.3, -0.25) is 9.59 Å². The molecule has 1 atom stereocenters. The number of hydrogen-bond acceptors (Lipinski definition) is 5. The van der Waals surface area contributed by atoms with E-state index in [1.54, 1.807) is 43.5 Å². The lowest BCUT2D eigenvalue weighted by atomic mass is 9.95. The Morgan fingerprint density at radius 1 is 1.11 bits per heavy atom. The van der Waals surface area contributed by atoms with Crippen LogP contribution < -0.4 is 4.74 Å². The fourth-order valence-electron chi connectivity index (χ4n) is 3.33. The largest absolute Gasteiger partial charge is 0.507 e. The number of ether oxygens (including phenoxy) is 2. The predicted molar refractivity (Wildman–Crippen MR) is 105 cm³/mol. The molecule has 1 fully saturated rings. The highest BCUT2D eigenvalue weighted by Crippen LogP contribution is 2.40. The van der Waals surface area contributed by atoms with Crippen molar-refractivity contribution in [2.45, 2.75) is 13.0 Å². The summed E-state index contributed by atoms with van der Waals surface area (Å²) in [7, 11) is 3.08. The van der Waals surface area contributed by atoms with Gasteiger partial charge < -0.3 is 19.5 Å². The first-order valence-corrected chi connectivity index (χ1v) is 8.96. The molecule has 28 heavy (non-hydrogen) atoms. The SMILES string of the molecule is COCCN1C(=O)C(=O)/C(=C(/O)c2ccc(C)cc2)[C@H]1c1cccc(OC)c1. The lowest BCUT2D eigenvalue weighted by molar-refractivity contribution is -0.140. The summed E-state index contributed by atoms with van der Waals surface area (Å²) < 4.78 is 10.4. The van der Waals surface area contributed by atoms with Gasteiger partial charge in [0, 0.05) is 19.2 Å². The maximum atomic E-state index is 12.8. The maximum Gasteiger partial charge on any atom is 0.295 e. The van der Waals surface area contributed by atoms with Crippen molar-refractivity contribution in [1.82, 2.24) is 4.90 Å². The van der Waals surface area contributed by atoms with Crippen molar-refractivity contribution in [2.24, 2.45) is 0 Å². The highest BCUT2D eigenvalue weighted by Gasteiger charge is 2.45. The second-order valence-electron chi connectivity index (χ2n) is 6.63. The molecule has 0 saturated carbocycles. The van der Waals surface area contributed by atoms with E-state index in [9.17, 15) is 14.7 Å². The molecule has 1 saturated heterocycles. The topological polar surface area (TPSA) is 76.1 Å². The monoisotopic (exact) mass is 381 g/mol. The van der Waals surface area contributed by atoms with E-state index in [0.717, 1.165) is 5.56 Å². The van der Waals surface area contributed by atoms with E-state index in [1.165, 1.54) is 12.0 Å². The van der Waals surface area contributed by atoms with Crippen molar-refractivity contribution in [3.8, 4) is 5.75 Å². The average Bonchev–Trinajstić information content (AvgIpc) is 2.97. The second kappa shape index (κ2) is 8.27. The number of aliphatic hydroxyl groups excluding tert-OH is 1. The molecular formula is C22H23NO5. The summed E-state index contributed by atoms with van der Waals surface area (Å²) in [5.41, 5.74) is 2.27. The van der Waals surface area contributed by atoms with E-state index >= 15 is 0 Å². The van der Waals surface area contributed by atoms with E-state index < -0.39 is 17.7 Å². The quantitative estimate of drug-likeness (QED) is 0.473. The van der Waals surface area contributed by atoms with Crippen LogP contribution in [0, 0.1) is 6.92 Å². The van der Waals surface area contributed by atoms with Gasteiger partial charge in [-0.05, 0) is 24.6 Å². The van der Waals surface area contributed by atoms with Crippen LogP contribution >= 0.6 is 0 Å². The van der Waals surface area contributed by atoms with Crippen LogP contribution in [0.4, 0.5) is 0 Å². The van der Waals surface area contributed by atoms with Crippen molar-refractivity contribution in [3.05, 3.63) is 70.8 Å². The molecule has 1 aliphatic heterocycles. The molecule has 0 aromatic heterocycles. The van der Waals surface area contributed by atoms with E-state index in [-0.39, 0.29) is 24.5 Å². The van der Waals surface area contributed by atoms with Gasteiger partial charge >= 0.3 is 0 Å². The van der Waals surface area contributed by atoms with E-state index in [2.05, 4.69) is 0 Å². The summed E-state index contributed by atoms with van der Waals surface area (Å²) in [4.78, 5) is 26.9. The van der Waals surface area contributed by atoms with Crippen LogP contribution in [0.3, 0.4) is 0 Å². The Morgan fingerprint density at radius 3 is 2.46 bits per heavy atom. The summed E-state index contributed by atoms with van der Waals surface area (Å²) >= 11 is 0. The Hall–Kier alpha value is -3.12. The molecule has 6 nitrogen and oxygen atoms in total. The molecule has 1 N–H and O–H groups in total. The van der Waals surface area contributed by atoms with E-state index in [1.807, 2.05) is 19.1 Å². The fourth-order valence-corrected chi connectivity index (χ4v) is 3.33. The molecular weight excluding hydrogens is 358 g/mol. The Kier molecular flexibility index (Phi) is 5.80. The van der Waals surface area contributed by atoms with Gasteiger partial charge in [-0.2, -0.15) is 0 Å². The third kappa shape index (κ3) is 3.64. The van der Waals surface area contributed by atoms with Crippen LogP contribution in [0.1, 0.15) is 22.7 Å². The predicted octanol–water partition coefficient (Wildman–Crippen LogP) is 3.07. The minimum atomic E-state index is -0.716. The third-order valence-electron chi connectivity index (χ3n) is 4.81. The summed E-state index contributed by atoms with van der Waals surface area (Å²) in [6.45, 7) is 2.44. The number of carbonyl (C=O) groups excluding carboxylic acids is 2. The van der Waals surface area contributed by atoms with Crippen LogP contribution in [0.25, 0.3) is 5.76 Å². The molecule has 0 spiro atoms. The molecule has 2 aromatic carbocycles. The molecule has 1 aliphatic rings. The van der Waals surface area contributed by atoms with Gasteiger partial charge in [0.2, 0.25) is 0 Å². The van der Waals surface area contributed by atoms with Crippen LogP contribution in [0.5, 0.6) is 5.75 Å². The zero-order valence-electron chi connectivity index (χ0n) is 16.1. The van der Waals surface area contributed by atoms with Crippen molar-refractivity contribution in [1.29, 1.82) is 0 Å². The Bertz CT molecular complexity index is 917. The lowest BCUT2D eigenvalue weighted by Gasteiger charge is -2.25. The van der Waals surface area contributed by atoms with Crippen LogP contribution in [0.15, 0.2) is 54.1 Å². The standard InChI is InChI=1S/C22H23NO5/c1-14-7-9-15(10-8-14)20(24)18-19(16-5-4-6-17(13-16)28-3)23(11-12-27-2)22(26)21(18)25/h4-10,13,19,24H,11-12H2,1-3H3/b20-18+/t19-/m1/s1. The Balaban J connectivity index is 2.16.